The van der Waals surface area contributed by atoms with Gasteiger partial charge in [-0.25, -0.2) is 0 Å². The van der Waals surface area contributed by atoms with E-state index in [1.165, 1.54) is 0 Å². The fraction of sp³-hybridized carbons (Fsp3) is 0.500. The average molecular weight is 287 g/mol. The third-order valence-corrected chi connectivity index (χ3v) is 3.48. The minimum Gasteiger partial charge on any atom is -0.395 e. The zero-order valence-electron chi connectivity index (χ0n) is 13.4. The van der Waals surface area contributed by atoms with Crippen molar-refractivity contribution in [1.29, 1.82) is 0 Å². The van der Waals surface area contributed by atoms with E-state index in [4.69, 9.17) is 5.11 Å². The summed E-state index contributed by atoms with van der Waals surface area (Å²) in [6.07, 6.45) is 2.51. The molecule has 0 aromatic heterocycles. The van der Waals surface area contributed by atoms with Crippen molar-refractivity contribution in [3.63, 3.8) is 0 Å². The van der Waals surface area contributed by atoms with Crippen LogP contribution in [0.25, 0.3) is 0 Å². The number of benzene rings is 1. The molecule has 1 rings (SSSR count). The first-order valence-electron chi connectivity index (χ1n) is 7.48. The molecule has 114 valence electrons. The zero-order valence-corrected chi connectivity index (χ0v) is 13.4. The topological polar surface area (TPSA) is 40.5 Å². The van der Waals surface area contributed by atoms with Crippen molar-refractivity contribution in [1.82, 2.24) is 4.90 Å². The molecule has 0 spiro atoms. The second-order valence-corrected chi connectivity index (χ2v) is 5.42. The Morgan fingerprint density at radius 1 is 1.38 bits per heavy atom. The number of nitrogens with zero attached hydrogens (tertiary/aromatic N) is 1. The Morgan fingerprint density at radius 2 is 2.10 bits per heavy atom. The molecule has 0 aliphatic carbocycles. The summed E-state index contributed by atoms with van der Waals surface area (Å²) in [5.41, 5.74) is 2.52. The van der Waals surface area contributed by atoms with Crippen LogP contribution in [0.5, 0.6) is 0 Å². The van der Waals surface area contributed by atoms with E-state index in [2.05, 4.69) is 25.7 Å². The summed E-state index contributed by atoms with van der Waals surface area (Å²) in [7, 11) is 1.85. The fourth-order valence-corrected chi connectivity index (χ4v) is 2.21. The Labute approximate surface area is 128 Å². The first kappa shape index (κ1) is 17.3. The lowest BCUT2D eigenvalue weighted by Crippen LogP contribution is -2.35. The van der Waals surface area contributed by atoms with Crippen molar-refractivity contribution in [2.45, 2.75) is 46.1 Å². The second-order valence-electron chi connectivity index (χ2n) is 5.42. The van der Waals surface area contributed by atoms with E-state index in [0.717, 1.165) is 24.0 Å². The van der Waals surface area contributed by atoms with Gasteiger partial charge in [0.1, 0.15) is 0 Å². The van der Waals surface area contributed by atoms with Crippen molar-refractivity contribution >= 4 is 5.91 Å². The van der Waals surface area contributed by atoms with Gasteiger partial charge in [-0.3, -0.25) is 4.79 Å². The van der Waals surface area contributed by atoms with Crippen molar-refractivity contribution in [2.75, 3.05) is 13.7 Å². The van der Waals surface area contributed by atoms with Crippen molar-refractivity contribution in [2.24, 2.45) is 0 Å². The minimum absolute atomic E-state index is 0.0323. The number of aliphatic hydroxyl groups excluding tert-OH is 1. The van der Waals surface area contributed by atoms with Crippen LogP contribution in [0, 0.1) is 18.8 Å². The van der Waals surface area contributed by atoms with E-state index >= 15 is 0 Å². The summed E-state index contributed by atoms with van der Waals surface area (Å²) >= 11 is 0. The maximum atomic E-state index is 12.5. The highest BCUT2D eigenvalue weighted by atomic mass is 16.2. The monoisotopic (exact) mass is 287 g/mol. The Kier molecular flexibility index (Phi) is 6.98. The van der Waals surface area contributed by atoms with E-state index in [1.807, 2.05) is 32.2 Å². The molecule has 0 aliphatic rings. The molecule has 3 heteroatoms. The van der Waals surface area contributed by atoms with Gasteiger partial charge >= 0.3 is 0 Å². The quantitative estimate of drug-likeness (QED) is 0.846. The molecule has 1 unspecified atom stereocenters. The van der Waals surface area contributed by atoms with Crippen LogP contribution in [0.15, 0.2) is 18.2 Å². The molecular formula is C18H25NO2. The third-order valence-electron chi connectivity index (χ3n) is 3.48. The summed E-state index contributed by atoms with van der Waals surface area (Å²) in [6, 6.07) is 5.91. The van der Waals surface area contributed by atoms with Crippen LogP contribution >= 0.6 is 0 Å². The molecule has 0 fully saturated rings. The Bertz CT molecular complexity index is 540. The highest BCUT2D eigenvalue weighted by molar-refractivity contribution is 5.94. The molecule has 21 heavy (non-hydrogen) atoms. The van der Waals surface area contributed by atoms with Crippen LogP contribution in [0.2, 0.25) is 0 Å². The van der Waals surface area contributed by atoms with Crippen molar-refractivity contribution < 1.29 is 9.90 Å². The maximum Gasteiger partial charge on any atom is 0.253 e. The highest BCUT2D eigenvalue weighted by Crippen LogP contribution is 2.14. The third kappa shape index (κ3) is 5.24. The maximum absolute atomic E-state index is 12.5. The van der Waals surface area contributed by atoms with Gasteiger partial charge in [0.2, 0.25) is 0 Å². The molecule has 3 nitrogen and oxygen atoms in total. The van der Waals surface area contributed by atoms with Crippen molar-refractivity contribution in [3.8, 4) is 11.8 Å². The molecule has 0 bridgehead atoms. The molecule has 0 aliphatic heterocycles. The van der Waals surface area contributed by atoms with Gasteiger partial charge in [-0.05, 0) is 44.0 Å². The standard InChI is InChI=1S/C18H25NO2/c1-5-8-15(3)19(4)18(21)17-12-14(2)11-16(13-17)9-6-7-10-20/h11-13,15,20H,5,7-8,10H2,1-4H3. The van der Waals surface area contributed by atoms with Crippen molar-refractivity contribution in [3.05, 3.63) is 34.9 Å². The van der Waals surface area contributed by atoms with E-state index in [0.29, 0.717) is 12.0 Å². The summed E-state index contributed by atoms with van der Waals surface area (Å²) in [6.45, 7) is 6.21. The van der Waals surface area contributed by atoms with Gasteiger partial charge < -0.3 is 10.0 Å². The number of hydrogen-bond donors (Lipinski definition) is 1. The van der Waals surface area contributed by atoms with Crippen LogP contribution in [0.3, 0.4) is 0 Å². The van der Waals surface area contributed by atoms with E-state index in [9.17, 15) is 4.79 Å². The largest absolute Gasteiger partial charge is 0.395 e. The van der Waals surface area contributed by atoms with E-state index in [-0.39, 0.29) is 18.6 Å². The van der Waals surface area contributed by atoms with Gasteiger partial charge in [0.25, 0.3) is 5.91 Å². The number of rotatable bonds is 5. The summed E-state index contributed by atoms with van der Waals surface area (Å²) in [4.78, 5) is 14.3. The molecule has 1 aromatic rings. The summed E-state index contributed by atoms with van der Waals surface area (Å²) in [5.74, 6) is 5.92. The van der Waals surface area contributed by atoms with Crippen LogP contribution in [0.4, 0.5) is 0 Å². The Balaban J connectivity index is 2.97. The molecule has 1 atom stereocenters. The van der Waals surface area contributed by atoms with Gasteiger partial charge in [-0.1, -0.05) is 25.2 Å². The number of amides is 1. The normalized spacial score (nSPS) is 11.5. The highest BCUT2D eigenvalue weighted by Gasteiger charge is 2.17. The second kappa shape index (κ2) is 8.49. The number of carbonyl (C=O) groups excluding carboxylic acids is 1. The lowest BCUT2D eigenvalue weighted by Gasteiger charge is -2.25. The summed E-state index contributed by atoms with van der Waals surface area (Å²) in [5, 5.41) is 8.76. The van der Waals surface area contributed by atoms with E-state index in [1.54, 1.807) is 4.90 Å². The van der Waals surface area contributed by atoms with Gasteiger partial charge in [0.15, 0.2) is 0 Å². The number of aliphatic hydroxyl groups is 1. The van der Waals surface area contributed by atoms with Gasteiger partial charge in [0.05, 0.1) is 6.61 Å². The number of aryl methyl sites for hydroxylation is 1. The Morgan fingerprint density at radius 3 is 2.71 bits per heavy atom. The lowest BCUT2D eigenvalue weighted by molar-refractivity contribution is 0.0736. The smallest absolute Gasteiger partial charge is 0.253 e. The fourth-order valence-electron chi connectivity index (χ4n) is 2.21. The molecule has 1 aromatic carbocycles. The molecule has 0 saturated heterocycles. The molecule has 0 radical (unpaired) electrons. The van der Waals surface area contributed by atoms with Crippen LogP contribution in [0.1, 0.15) is 54.6 Å². The minimum atomic E-state index is 0.0323. The van der Waals surface area contributed by atoms with Gasteiger partial charge in [0, 0.05) is 30.6 Å². The predicted molar refractivity (Wildman–Crippen MR) is 86.2 cm³/mol. The Hall–Kier alpha value is -1.79. The SMILES string of the molecule is CCCC(C)N(C)C(=O)c1cc(C)cc(C#CCCO)c1. The number of carbonyl (C=O) groups is 1. The predicted octanol–water partition coefficient (Wildman–Crippen LogP) is 2.99. The van der Waals surface area contributed by atoms with E-state index < -0.39 is 0 Å². The summed E-state index contributed by atoms with van der Waals surface area (Å²) < 4.78 is 0. The number of hydrogen-bond acceptors (Lipinski definition) is 2. The van der Waals surface area contributed by atoms with Gasteiger partial charge in [-0.2, -0.15) is 0 Å². The zero-order chi connectivity index (χ0) is 15.8. The molecular weight excluding hydrogens is 262 g/mol. The molecule has 1 N–H and O–H groups in total. The molecule has 0 heterocycles. The lowest BCUT2D eigenvalue weighted by atomic mass is 10.0. The molecule has 1 amide bonds. The first-order chi connectivity index (χ1) is 9.99. The average Bonchev–Trinajstić information content (AvgIpc) is 2.45. The van der Waals surface area contributed by atoms with Crippen LogP contribution in [-0.4, -0.2) is 35.6 Å². The van der Waals surface area contributed by atoms with Crippen LogP contribution in [-0.2, 0) is 0 Å². The van der Waals surface area contributed by atoms with Crippen LogP contribution < -0.4 is 0 Å². The molecule has 0 saturated carbocycles. The van der Waals surface area contributed by atoms with Gasteiger partial charge in [-0.15, -0.1) is 0 Å². The first-order valence-corrected chi connectivity index (χ1v) is 7.48.